The number of hydrogen-bond acceptors (Lipinski definition) is 5. The number of nitrogens with zero attached hydrogens (tertiary/aromatic N) is 1. The van der Waals surface area contributed by atoms with Gasteiger partial charge in [-0.2, -0.15) is 0 Å². The van der Waals surface area contributed by atoms with E-state index >= 15 is 0 Å². The molecule has 1 amide bonds. The number of hydrogen-bond donors (Lipinski definition) is 1. The van der Waals surface area contributed by atoms with Crippen LogP contribution >= 0.6 is 11.6 Å². The number of carboxylic acid groups (broad SMARTS) is 1. The zero-order valence-electron chi connectivity index (χ0n) is 15.2. The molecule has 7 nitrogen and oxygen atoms in total. The van der Waals surface area contributed by atoms with Crippen molar-refractivity contribution in [3.05, 3.63) is 47.0 Å². The molecule has 0 spiro atoms. The summed E-state index contributed by atoms with van der Waals surface area (Å²) in [5.41, 5.74) is 0.945. The number of carbonyl (C=O) groups is 2. The average Bonchev–Trinajstić information content (AvgIpc) is 2.67. The van der Waals surface area contributed by atoms with Gasteiger partial charge < -0.3 is 24.2 Å². The monoisotopic (exact) mass is 393 g/mol. The van der Waals surface area contributed by atoms with Crippen molar-refractivity contribution < 1.29 is 28.9 Å². The quantitative estimate of drug-likeness (QED) is 0.739. The Kier molecular flexibility index (Phi) is 6.90. The van der Waals surface area contributed by atoms with Crippen molar-refractivity contribution in [1.29, 1.82) is 0 Å². The Morgan fingerprint density at radius 3 is 2.37 bits per heavy atom. The molecule has 0 aromatic heterocycles. The molecule has 2 rings (SSSR count). The summed E-state index contributed by atoms with van der Waals surface area (Å²) in [4.78, 5) is 24.8. The van der Waals surface area contributed by atoms with Crippen LogP contribution < -0.4 is 19.1 Å². The van der Waals surface area contributed by atoms with Gasteiger partial charge in [0.25, 0.3) is 5.91 Å². The highest BCUT2D eigenvalue weighted by Gasteiger charge is 2.19. The molecule has 0 aliphatic rings. The van der Waals surface area contributed by atoms with E-state index in [9.17, 15) is 9.59 Å². The number of halogens is 1. The second-order valence-electron chi connectivity index (χ2n) is 5.46. The van der Waals surface area contributed by atoms with Crippen LogP contribution in [0.25, 0.3) is 0 Å². The zero-order valence-corrected chi connectivity index (χ0v) is 15.9. The van der Waals surface area contributed by atoms with Crippen LogP contribution in [0, 0.1) is 0 Å². The Morgan fingerprint density at radius 1 is 1.15 bits per heavy atom. The van der Waals surface area contributed by atoms with E-state index in [0.717, 1.165) is 0 Å². The highest BCUT2D eigenvalue weighted by Crippen LogP contribution is 2.37. The fraction of sp³-hybridized carbons (Fsp3) is 0.263. The molecule has 0 heterocycles. The van der Waals surface area contributed by atoms with E-state index in [1.54, 1.807) is 37.4 Å². The first-order chi connectivity index (χ1) is 12.9. The summed E-state index contributed by atoms with van der Waals surface area (Å²) in [6, 6.07) is 9.59. The van der Waals surface area contributed by atoms with Crippen molar-refractivity contribution in [3.8, 4) is 17.2 Å². The highest BCUT2D eigenvalue weighted by atomic mass is 35.5. The number of ether oxygens (including phenoxy) is 3. The summed E-state index contributed by atoms with van der Waals surface area (Å²) in [6.07, 6.45) is 0. The molecule has 0 atom stereocenters. The van der Waals surface area contributed by atoms with Gasteiger partial charge in [-0.05, 0) is 43.3 Å². The summed E-state index contributed by atoms with van der Waals surface area (Å²) in [6.45, 7) is 1.81. The van der Waals surface area contributed by atoms with Gasteiger partial charge in [0.15, 0.2) is 18.1 Å². The Hall–Kier alpha value is -2.93. The molecule has 0 fully saturated rings. The van der Waals surface area contributed by atoms with Crippen LogP contribution in [-0.2, 0) is 4.79 Å². The van der Waals surface area contributed by atoms with E-state index < -0.39 is 12.6 Å². The number of amides is 1. The molecule has 8 heteroatoms. The Morgan fingerprint density at radius 2 is 1.81 bits per heavy atom. The van der Waals surface area contributed by atoms with Crippen LogP contribution in [0.3, 0.4) is 0 Å². The molecule has 0 bridgehead atoms. The molecule has 0 saturated carbocycles. The van der Waals surface area contributed by atoms with E-state index in [0.29, 0.717) is 35.1 Å². The molecule has 0 saturated heterocycles. The van der Waals surface area contributed by atoms with E-state index in [2.05, 4.69) is 0 Å². The number of methoxy groups -OCH3 is 1. The van der Waals surface area contributed by atoms with Crippen molar-refractivity contribution in [2.45, 2.75) is 6.92 Å². The molecule has 0 aliphatic heterocycles. The van der Waals surface area contributed by atoms with Gasteiger partial charge >= 0.3 is 5.97 Å². The van der Waals surface area contributed by atoms with Crippen molar-refractivity contribution in [2.75, 3.05) is 32.3 Å². The minimum atomic E-state index is -1.06. The minimum Gasteiger partial charge on any atom is -0.493 e. The predicted octanol–water partition coefficient (Wildman–Crippen LogP) is 3.49. The van der Waals surface area contributed by atoms with Gasteiger partial charge in [-0.15, -0.1) is 0 Å². The molecule has 0 aliphatic carbocycles. The fourth-order valence-electron chi connectivity index (χ4n) is 2.35. The minimum absolute atomic E-state index is 0.283. The zero-order chi connectivity index (χ0) is 20.0. The maximum atomic E-state index is 12.8. The van der Waals surface area contributed by atoms with Crippen molar-refractivity contribution in [1.82, 2.24) is 0 Å². The Bertz CT molecular complexity index is 822. The molecule has 144 valence electrons. The standard InChI is InChI=1S/C19H20ClNO6/c1-4-26-18-15(20)9-12(10-16(18)25-3)19(24)21(2)13-5-7-14(8-6-13)27-11-17(22)23/h5-10H,4,11H2,1-3H3,(H,22,23). The second kappa shape index (κ2) is 9.14. The van der Waals surface area contributed by atoms with Crippen LogP contribution in [0.1, 0.15) is 17.3 Å². The van der Waals surface area contributed by atoms with Crippen LogP contribution in [0.5, 0.6) is 17.2 Å². The maximum absolute atomic E-state index is 12.8. The number of benzene rings is 2. The second-order valence-corrected chi connectivity index (χ2v) is 5.87. The van der Waals surface area contributed by atoms with E-state index in [-0.39, 0.29) is 10.9 Å². The van der Waals surface area contributed by atoms with E-state index in [4.69, 9.17) is 30.9 Å². The molecule has 1 N–H and O–H groups in total. The highest BCUT2D eigenvalue weighted by molar-refractivity contribution is 6.32. The van der Waals surface area contributed by atoms with Gasteiger partial charge in [0, 0.05) is 18.3 Å². The van der Waals surface area contributed by atoms with Crippen LogP contribution in [-0.4, -0.2) is 44.4 Å². The lowest BCUT2D eigenvalue weighted by molar-refractivity contribution is -0.139. The van der Waals surface area contributed by atoms with Gasteiger partial charge in [-0.25, -0.2) is 4.79 Å². The smallest absolute Gasteiger partial charge is 0.341 e. The Labute approximate surface area is 162 Å². The lowest BCUT2D eigenvalue weighted by atomic mass is 10.1. The predicted molar refractivity (Wildman–Crippen MR) is 101 cm³/mol. The van der Waals surface area contributed by atoms with Gasteiger partial charge in [0.1, 0.15) is 5.75 Å². The third-order valence-electron chi connectivity index (χ3n) is 3.66. The first kappa shape index (κ1) is 20.4. The summed E-state index contributed by atoms with van der Waals surface area (Å²) in [7, 11) is 3.09. The first-order valence-corrected chi connectivity index (χ1v) is 8.48. The largest absolute Gasteiger partial charge is 0.493 e. The molecular formula is C19H20ClNO6. The van der Waals surface area contributed by atoms with Gasteiger partial charge in [-0.3, -0.25) is 4.79 Å². The van der Waals surface area contributed by atoms with Crippen molar-refractivity contribution in [2.24, 2.45) is 0 Å². The molecule has 2 aromatic carbocycles. The topological polar surface area (TPSA) is 85.3 Å². The number of carboxylic acids is 1. The normalized spacial score (nSPS) is 10.2. The first-order valence-electron chi connectivity index (χ1n) is 8.10. The van der Waals surface area contributed by atoms with Crippen molar-refractivity contribution >= 4 is 29.2 Å². The third-order valence-corrected chi connectivity index (χ3v) is 3.94. The number of rotatable bonds is 8. The molecule has 2 aromatic rings. The van der Waals surface area contributed by atoms with Crippen LogP contribution in [0.15, 0.2) is 36.4 Å². The molecular weight excluding hydrogens is 374 g/mol. The fourth-order valence-corrected chi connectivity index (χ4v) is 2.61. The molecule has 0 radical (unpaired) electrons. The summed E-state index contributed by atoms with van der Waals surface area (Å²) < 4.78 is 15.8. The van der Waals surface area contributed by atoms with Crippen LogP contribution in [0.4, 0.5) is 5.69 Å². The lowest BCUT2D eigenvalue weighted by Gasteiger charge is -2.19. The molecule has 0 unspecified atom stereocenters. The average molecular weight is 394 g/mol. The number of carbonyl (C=O) groups excluding carboxylic acids is 1. The van der Waals surface area contributed by atoms with Gasteiger partial charge in [-0.1, -0.05) is 11.6 Å². The summed E-state index contributed by atoms with van der Waals surface area (Å²) in [5, 5.41) is 8.91. The lowest BCUT2D eigenvalue weighted by Crippen LogP contribution is -2.26. The number of aliphatic carboxylic acids is 1. The van der Waals surface area contributed by atoms with Crippen LogP contribution in [0.2, 0.25) is 5.02 Å². The van der Waals surface area contributed by atoms with E-state index in [1.807, 2.05) is 6.92 Å². The summed E-state index contributed by atoms with van der Waals surface area (Å²) >= 11 is 6.23. The van der Waals surface area contributed by atoms with E-state index in [1.165, 1.54) is 18.1 Å². The molecule has 27 heavy (non-hydrogen) atoms. The van der Waals surface area contributed by atoms with Crippen molar-refractivity contribution in [3.63, 3.8) is 0 Å². The van der Waals surface area contributed by atoms with Gasteiger partial charge in [0.05, 0.1) is 18.7 Å². The SMILES string of the molecule is CCOc1c(Cl)cc(C(=O)N(C)c2ccc(OCC(=O)O)cc2)cc1OC. The summed E-state index contributed by atoms with van der Waals surface area (Å²) in [5.74, 6) is -0.197. The maximum Gasteiger partial charge on any atom is 0.341 e. The number of anilines is 1. The Balaban J connectivity index is 2.21. The van der Waals surface area contributed by atoms with Gasteiger partial charge in [0.2, 0.25) is 0 Å². The third kappa shape index (κ3) is 5.04.